The molecule has 5 rings (SSSR count). The Labute approximate surface area is 177 Å². The van der Waals surface area contributed by atoms with Crippen molar-refractivity contribution in [2.45, 2.75) is 62.1 Å². The third-order valence-corrected chi connectivity index (χ3v) is 7.22. The van der Waals surface area contributed by atoms with Crippen LogP contribution in [0.1, 0.15) is 43.6 Å². The van der Waals surface area contributed by atoms with Gasteiger partial charge in [0.05, 0.1) is 12.9 Å². The van der Waals surface area contributed by atoms with Gasteiger partial charge in [0.2, 0.25) is 10.0 Å². The molecule has 3 aliphatic heterocycles. The second-order valence-corrected chi connectivity index (χ2v) is 10.5. The molecule has 1 N–H and O–H groups in total. The predicted molar refractivity (Wildman–Crippen MR) is 110 cm³/mol. The lowest BCUT2D eigenvalue weighted by Crippen LogP contribution is -2.58. The summed E-state index contributed by atoms with van der Waals surface area (Å²) in [4.78, 5) is 2.11. The van der Waals surface area contributed by atoms with Crippen LogP contribution in [0, 0.1) is 0 Å². The number of nitrogens with one attached hydrogen (secondary N) is 1. The molecule has 0 radical (unpaired) electrons. The van der Waals surface area contributed by atoms with E-state index in [1.54, 1.807) is 0 Å². The first kappa shape index (κ1) is 21.9. The Morgan fingerprint density at radius 3 is 2.73 bits per heavy atom. The quantitative estimate of drug-likeness (QED) is 0.760. The van der Waals surface area contributed by atoms with E-state index < -0.39 is 22.0 Å². The highest BCUT2D eigenvalue weighted by atomic mass is 32.2. The van der Waals surface area contributed by atoms with Gasteiger partial charge in [0.15, 0.2) is 0 Å². The molecule has 0 spiro atoms. The fraction of sp³-hybridized carbons (Fsp3) is 0.714. The van der Waals surface area contributed by atoms with Gasteiger partial charge in [-0.3, -0.25) is 4.90 Å². The molecule has 1 saturated carbocycles. The molecule has 168 valence electrons. The molecule has 4 atom stereocenters. The number of hydrogen-bond donors (Lipinski definition) is 1. The van der Waals surface area contributed by atoms with Crippen LogP contribution in [0.2, 0.25) is 0 Å². The Morgan fingerprint density at radius 2 is 1.97 bits per heavy atom. The third kappa shape index (κ3) is 4.95. The van der Waals surface area contributed by atoms with Gasteiger partial charge >= 0.3 is 0 Å². The largest absolute Gasteiger partial charge is 0.492 e. The second kappa shape index (κ2) is 8.68. The highest BCUT2D eigenvalue weighted by Gasteiger charge is 2.47. The van der Waals surface area contributed by atoms with E-state index in [4.69, 9.17) is 9.47 Å². The van der Waals surface area contributed by atoms with Crippen LogP contribution in [0.25, 0.3) is 0 Å². The van der Waals surface area contributed by atoms with Crippen molar-refractivity contribution >= 4 is 10.0 Å². The zero-order chi connectivity index (χ0) is 21.4. The van der Waals surface area contributed by atoms with E-state index in [2.05, 4.69) is 9.62 Å². The predicted octanol–water partition coefficient (Wildman–Crippen LogP) is 2.75. The Balaban J connectivity index is 1.62. The first-order valence-electron chi connectivity index (χ1n) is 10.7. The van der Waals surface area contributed by atoms with Crippen molar-refractivity contribution in [2.75, 3.05) is 32.6 Å². The summed E-state index contributed by atoms with van der Waals surface area (Å²) in [5.74, 6) is -2.54. The lowest BCUT2D eigenvalue weighted by Gasteiger charge is -2.42. The normalized spacial score (nSPS) is 32.6. The zero-order valence-electron chi connectivity index (χ0n) is 17.2. The molecule has 1 aliphatic carbocycles. The summed E-state index contributed by atoms with van der Waals surface area (Å²) in [7, 11) is -3.42. The van der Waals surface area contributed by atoms with Crippen molar-refractivity contribution in [3.05, 3.63) is 29.8 Å². The van der Waals surface area contributed by atoms with Crippen molar-refractivity contribution in [1.29, 1.82) is 0 Å². The van der Waals surface area contributed by atoms with Gasteiger partial charge in [-0.1, -0.05) is 18.2 Å². The van der Waals surface area contributed by atoms with E-state index in [0.29, 0.717) is 31.7 Å². The smallest absolute Gasteiger partial charge is 0.274 e. The Bertz CT molecular complexity index is 851. The number of benzene rings is 1. The SMILES string of the molecule is CS(=O)(=O)N[C@H]1CCCN2CCOc3ccccc3C3CC[C@@H](OC[C@@H]12)C(F)(F)C3. The maximum absolute atomic E-state index is 15.0. The zero-order valence-corrected chi connectivity index (χ0v) is 18.0. The van der Waals surface area contributed by atoms with Crippen molar-refractivity contribution in [3.8, 4) is 5.75 Å². The molecule has 3 heterocycles. The van der Waals surface area contributed by atoms with Crippen LogP contribution >= 0.6 is 0 Å². The minimum absolute atomic E-state index is 0.0745. The maximum Gasteiger partial charge on any atom is 0.274 e. The van der Waals surface area contributed by atoms with Crippen molar-refractivity contribution in [2.24, 2.45) is 0 Å². The van der Waals surface area contributed by atoms with Crippen LogP contribution in [0.4, 0.5) is 8.78 Å². The van der Waals surface area contributed by atoms with Crippen molar-refractivity contribution < 1.29 is 26.7 Å². The van der Waals surface area contributed by atoms with Gasteiger partial charge in [0, 0.05) is 25.0 Å². The standard InChI is InChI=1S/C21H30F2N2O4S/c1-30(26,27)24-17-6-4-10-25-11-12-28-19-7-3-2-5-16(19)15-8-9-20(21(22,23)13-15)29-14-18(17)25/h2-3,5,7,15,17-18,20,24H,4,6,8-14H2,1H3/t15?,17-,18-,20+/m0/s1. The summed E-state index contributed by atoms with van der Waals surface area (Å²) >= 11 is 0. The molecule has 1 saturated heterocycles. The Hall–Kier alpha value is -1.29. The topological polar surface area (TPSA) is 67.9 Å². The minimum Gasteiger partial charge on any atom is -0.492 e. The second-order valence-electron chi connectivity index (χ2n) is 8.69. The average Bonchev–Trinajstić information content (AvgIpc) is 2.68. The van der Waals surface area contributed by atoms with E-state index in [0.717, 1.165) is 24.8 Å². The van der Waals surface area contributed by atoms with E-state index >= 15 is 0 Å². The molecule has 4 aliphatic rings. The van der Waals surface area contributed by atoms with Crippen LogP contribution < -0.4 is 9.46 Å². The number of fused-ring (bicyclic) bond motifs is 5. The lowest BCUT2D eigenvalue weighted by atomic mass is 9.80. The number of alkyl halides is 2. The van der Waals surface area contributed by atoms with Crippen molar-refractivity contribution in [1.82, 2.24) is 9.62 Å². The molecular formula is C21H30F2N2O4S. The van der Waals surface area contributed by atoms with Gasteiger partial charge in [0.25, 0.3) is 5.92 Å². The molecule has 6 nitrogen and oxygen atoms in total. The number of hydrogen-bond acceptors (Lipinski definition) is 5. The van der Waals surface area contributed by atoms with Gasteiger partial charge in [-0.05, 0) is 49.8 Å². The van der Waals surface area contributed by atoms with E-state index in [1.165, 1.54) is 0 Å². The van der Waals surface area contributed by atoms with Gasteiger partial charge < -0.3 is 9.47 Å². The Kier molecular flexibility index (Phi) is 6.35. The van der Waals surface area contributed by atoms with Gasteiger partial charge in [-0.2, -0.15) is 0 Å². The van der Waals surface area contributed by atoms with Crippen LogP contribution in [-0.2, 0) is 14.8 Å². The minimum atomic E-state index is -3.42. The summed E-state index contributed by atoms with van der Waals surface area (Å²) in [5.41, 5.74) is 0.835. The summed E-state index contributed by atoms with van der Waals surface area (Å²) in [5, 5.41) is 0. The molecule has 2 fully saturated rings. The van der Waals surface area contributed by atoms with Crippen LogP contribution in [0.5, 0.6) is 5.75 Å². The summed E-state index contributed by atoms with van der Waals surface area (Å²) in [6.45, 7) is 1.82. The van der Waals surface area contributed by atoms with Crippen LogP contribution in [0.3, 0.4) is 0 Å². The monoisotopic (exact) mass is 444 g/mol. The molecule has 9 heteroatoms. The molecule has 0 amide bonds. The first-order chi connectivity index (χ1) is 14.2. The molecule has 1 aromatic carbocycles. The number of nitrogens with zero attached hydrogens (tertiary/aromatic N) is 1. The summed E-state index contributed by atoms with van der Waals surface area (Å²) in [6, 6.07) is 6.78. The van der Waals surface area contributed by atoms with Gasteiger partial charge in [-0.15, -0.1) is 0 Å². The van der Waals surface area contributed by atoms with Crippen LogP contribution in [0.15, 0.2) is 24.3 Å². The van der Waals surface area contributed by atoms with E-state index in [9.17, 15) is 17.2 Å². The summed E-state index contributed by atoms with van der Waals surface area (Å²) < 4.78 is 68.2. The Morgan fingerprint density at radius 1 is 1.17 bits per heavy atom. The van der Waals surface area contributed by atoms with Gasteiger partial charge in [-0.25, -0.2) is 21.9 Å². The highest BCUT2D eigenvalue weighted by molar-refractivity contribution is 7.88. The number of para-hydroxylation sites is 1. The first-order valence-corrected chi connectivity index (χ1v) is 12.5. The molecule has 1 aromatic rings. The maximum atomic E-state index is 15.0. The molecular weight excluding hydrogens is 414 g/mol. The highest BCUT2D eigenvalue weighted by Crippen LogP contribution is 2.45. The number of sulfonamides is 1. The van der Waals surface area contributed by atoms with E-state index in [-0.39, 0.29) is 37.5 Å². The molecule has 30 heavy (non-hydrogen) atoms. The fourth-order valence-electron chi connectivity index (χ4n) is 5.07. The molecule has 2 bridgehead atoms. The average molecular weight is 445 g/mol. The number of piperidine rings is 1. The third-order valence-electron chi connectivity index (χ3n) is 6.49. The van der Waals surface area contributed by atoms with Crippen molar-refractivity contribution in [3.63, 3.8) is 0 Å². The molecule has 0 aromatic heterocycles. The molecule has 1 unspecified atom stereocenters. The lowest BCUT2D eigenvalue weighted by molar-refractivity contribution is -0.170. The van der Waals surface area contributed by atoms with Crippen LogP contribution in [-0.4, -0.2) is 70.0 Å². The number of rotatable bonds is 2. The number of halogens is 2. The van der Waals surface area contributed by atoms with E-state index in [1.807, 2.05) is 24.3 Å². The van der Waals surface area contributed by atoms with Gasteiger partial charge in [0.1, 0.15) is 18.5 Å². The fourth-order valence-corrected chi connectivity index (χ4v) is 5.90. The summed E-state index contributed by atoms with van der Waals surface area (Å²) in [6.07, 6.45) is 2.07. The number of ether oxygens (including phenoxy) is 2.